The molecule has 0 aromatic carbocycles. The molecule has 0 radical (unpaired) electrons. The van der Waals surface area contributed by atoms with E-state index in [-0.39, 0.29) is 17.3 Å². The Morgan fingerprint density at radius 3 is 2.56 bits per heavy atom. The van der Waals surface area contributed by atoms with Crippen LogP contribution in [0.2, 0.25) is 0 Å². The minimum absolute atomic E-state index is 0.111. The normalized spacial score (nSPS) is 13.7. The first-order valence-corrected chi connectivity index (χ1v) is 6.38. The van der Waals surface area contributed by atoms with Crippen molar-refractivity contribution in [2.75, 3.05) is 7.11 Å². The molecular weight excluding hydrogens is 228 g/mol. The van der Waals surface area contributed by atoms with Crippen LogP contribution in [-0.2, 0) is 22.5 Å². The van der Waals surface area contributed by atoms with Gasteiger partial charge in [-0.15, -0.1) is 0 Å². The Hall–Kier alpha value is -1.16. The fraction of sp³-hybridized carbons (Fsp3) is 0.714. The Balaban J connectivity index is 2.86. The van der Waals surface area contributed by atoms with E-state index in [4.69, 9.17) is 4.74 Å². The van der Waals surface area contributed by atoms with Gasteiger partial charge in [-0.25, -0.2) is 0 Å². The monoisotopic (exact) mass is 252 g/mol. The number of aryl methyl sites for hydroxylation is 2. The molecule has 0 fully saturated rings. The summed E-state index contributed by atoms with van der Waals surface area (Å²) in [7, 11) is 1.59. The van der Waals surface area contributed by atoms with Crippen molar-refractivity contribution in [2.45, 2.75) is 53.7 Å². The van der Waals surface area contributed by atoms with E-state index < -0.39 is 0 Å². The first-order valence-electron chi connectivity index (χ1n) is 6.38. The van der Waals surface area contributed by atoms with Crippen molar-refractivity contribution in [1.29, 1.82) is 0 Å². The number of ether oxygens (including phenoxy) is 1. The molecule has 4 nitrogen and oxygen atoms in total. The Bertz CT molecular complexity index is 416. The first kappa shape index (κ1) is 14.9. The van der Waals surface area contributed by atoms with Gasteiger partial charge in [-0.1, -0.05) is 20.8 Å². The van der Waals surface area contributed by atoms with Crippen LogP contribution in [0.25, 0.3) is 0 Å². The summed E-state index contributed by atoms with van der Waals surface area (Å²) < 4.78 is 7.23. The van der Waals surface area contributed by atoms with Gasteiger partial charge in [0.05, 0.1) is 12.1 Å². The second-order valence-electron chi connectivity index (χ2n) is 5.72. The molecule has 102 valence electrons. The average molecular weight is 252 g/mol. The zero-order chi connectivity index (χ0) is 13.9. The molecule has 1 rings (SSSR count). The van der Waals surface area contributed by atoms with E-state index in [9.17, 15) is 4.79 Å². The molecule has 0 aliphatic heterocycles. The molecule has 0 aliphatic carbocycles. The number of Topliss-reactive ketones (excluding diaryl/α,β-unsaturated/α-hetero) is 1. The van der Waals surface area contributed by atoms with E-state index in [2.05, 4.69) is 5.10 Å². The van der Waals surface area contributed by atoms with Crippen LogP contribution in [0.15, 0.2) is 6.07 Å². The van der Waals surface area contributed by atoms with Gasteiger partial charge in [0.15, 0.2) is 5.78 Å². The van der Waals surface area contributed by atoms with E-state index in [1.54, 1.807) is 7.11 Å². The van der Waals surface area contributed by atoms with E-state index in [1.165, 1.54) is 0 Å². The highest BCUT2D eigenvalue weighted by atomic mass is 16.5. The molecule has 4 heteroatoms. The number of nitrogens with zero attached hydrogens (tertiary/aromatic N) is 2. The molecule has 18 heavy (non-hydrogen) atoms. The number of carbonyl (C=O) groups is 1. The molecule has 0 aliphatic rings. The lowest BCUT2D eigenvalue weighted by atomic mass is 9.85. The van der Waals surface area contributed by atoms with Crippen LogP contribution in [0.3, 0.4) is 0 Å². The number of hydrogen-bond donors (Lipinski definition) is 0. The highest BCUT2D eigenvalue weighted by molar-refractivity contribution is 5.85. The third-order valence-electron chi connectivity index (χ3n) is 2.96. The van der Waals surface area contributed by atoms with E-state index in [0.29, 0.717) is 6.42 Å². The lowest BCUT2D eigenvalue weighted by Crippen LogP contribution is -2.37. The van der Waals surface area contributed by atoms with Crippen molar-refractivity contribution in [3.63, 3.8) is 0 Å². The summed E-state index contributed by atoms with van der Waals surface area (Å²) in [4.78, 5) is 12.3. The van der Waals surface area contributed by atoms with Crippen molar-refractivity contribution in [3.8, 4) is 0 Å². The van der Waals surface area contributed by atoms with Gasteiger partial charge in [0.2, 0.25) is 0 Å². The number of carbonyl (C=O) groups excluding carboxylic acids is 1. The topological polar surface area (TPSA) is 44.1 Å². The van der Waals surface area contributed by atoms with Crippen LogP contribution < -0.4 is 0 Å². The quantitative estimate of drug-likeness (QED) is 0.808. The number of aromatic nitrogens is 2. The molecular formula is C14H24N2O2. The number of rotatable bonds is 5. The molecule has 0 amide bonds. The van der Waals surface area contributed by atoms with Gasteiger partial charge < -0.3 is 4.74 Å². The predicted octanol–water partition coefficient (Wildman–Crippen LogP) is 2.38. The zero-order valence-corrected chi connectivity index (χ0v) is 12.3. The lowest BCUT2D eigenvalue weighted by Gasteiger charge is -2.28. The Labute approximate surface area is 109 Å². The zero-order valence-electron chi connectivity index (χ0n) is 12.3. The Morgan fingerprint density at radius 2 is 2.11 bits per heavy atom. The number of ketones is 1. The molecule has 0 saturated carbocycles. The second-order valence-corrected chi connectivity index (χ2v) is 5.72. The van der Waals surface area contributed by atoms with Gasteiger partial charge >= 0.3 is 0 Å². The summed E-state index contributed by atoms with van der Waals surface area (Å²) in [6.45, 7) is 10.8. The second kappa shape index (κ2) is 5.65. The van der Waals surface area contributed by atoms with Gasteiger partial charge in [-0.05, 0) is 25.3 Å². The Morgan fingerprint density at radius 1 is 1.50 bits per heavy atom. The van der Waals surface area contributed by atoms with Crippen LogP contribution in [-0.4, -0.2) is 28.8 Å². The van der Waals surface area contributed by atoms with Crippen molar-refractivity contribution in [2.24, 2.45) is 5.41 Å². The minimum Gasteiger partial charge on any atom is -0.373 e. The number of methoxy groups -OCH3 is 1. The number of hydrogen-bond acceptors (Lipinski definition) is 3. The molecule has 1 heterocycles. The molecule has 0 bridgehead atoms. The van der Waals surface area contributed by atoms with E-state index in [1.807, 2.05) is 45.4 Å². The third-order valence-corrected chi connectivity index (χ3v) is 2.96. The van der Waals surface area contributed by atoms with Gasteiger partial charge in [0.25, 0.3) is 0 Å². The van der Waals surface area contributed by atoms with Crippen LogP contribution in [0.5, 0.6) is 0 Å². The third kappa shape index (κ3) is 3.42. The van der Waals surface area contributed by atoms with Crippen LogP contribution >= 0.6 is 0 Å². The van der Waals surface area contributed by atoms with Gasteiger partial charge in [-0.3, -0.25) is 9.48 Å². The molecule has 0 saturated heterocycles. The molecule has 1 aromatic heterocycles. The Kier molecular flexibility index (Phi) is 4.68. The van der Waals surface area contributed by atoms with Crippen molar-refractivity contribution in [3.05, 3.63) is 17.5 Å². The average Bonchev–Trinajstić information content (AvgIpc) is 2.57. The molecule has 1 unspecified atom stereocenters. The summed E-state index contributed by atoms with van der Waals surface area (Å²) in [6, 6.07) is 1.97. The van der Waals surface area contributed by atoms with E-state index in [0.717, 1.165) is 17.9 Å². The minimum atomic E-state index is -0.377. The van der Waals surface area contributed by atoms with Gasteiger partial charge in [0.1, 0.15) is 6.10 Å². The fourth-order valence-electron chi connectivity index (χ4n) is 2.25. The standard InChI is InChI=1S/C14H24N2O2/c1-7-16-11(8-10(2)15-16)9-12(17)13(18-6)14(3,4)5/h8,13H,7,9H2,1-6H3. The summed E-state index contributed by atoms with van der Waals surface area (Å²) >= 11 is 0. The van der Waals surface area contributed by atoms with Crippen LogP contribution in [0, 0.1) is 12.3 Å². The van der Waals surface area contributed by atoms with Crippen molar-refractivity contribution < 1.29 is 9.53 Å². The maximum Gasteiger partial charge on any atom is 0.167 e. The van der Waals surface area contributed by atoms with Crippen LogP contribution in [0.4, 0.5) is 0 Å². The molecule has 0 N–H and O–H groups in total. The van der Waals surface area contributed by atoms with Gasteiger partial charge in [-0.2, -0.15) is 5.10 Å². The maximum absolute atomic E-state index is 12.3. The molecule has 1 aromatic rings. The highest BCUT2D eigenvalue weighted by Gasteiger charge is 2.31. The molecule has 1 atom stereocenters. The lowest BCUT2D eigenvalue weighted by molar-refractivity contribution is -0.134. The highest BCUT2D eigenvalue weighted by Crippen LogP contribution is 2.23. The summed E-state index contributed by atoms with van der Waals surface area (Å²) in [6.07, 6.45) is 0.00258. The van der Waals surface area contributed by atoms with Gasteiger partial charge in [0, 0.05) is 19.3 Å². The first-order chi connectivity index (χ1) is 8.29. The van der Waals surface area contributed by atoms with Crippen molar-refractivity contribution in [1.82, 2.24) is 9.78 Å². The smallest absolute Gasteiger partial charge is 0.167 e. The van der Waals surface area contributed by atoms with Crippen LogP contribution in [0.1, 0.15) is 39.1 Å². The maximum atomic E-state index is 12.3. The SMILES string of the molecule is CCn1nc(C)cc1CC(=O)C(OC)C(C)(C)C. The largest absolute Gasteiger partial charge is 0.373 e. The molecule has 0 spiro atoms. The summed E-state index contributed by atoms with van der Waals surface area (Å²) in [5.41, 5.74) is 1.73. The summed E-state index contributed by atoms with van der Waals surface area (Å²) in [5.74, 6) is 0.111. The van der Waals surface area contributed by atoms with Crippen molar-refractivity contribution >= 4 is 5.78 Å². The predicted molar refractivity (Wildman–Crippen MR) is 71.6 cm³/mol. The van der Waals surface area contributed by atoms with E-state index >= 15 is 0 Å². The fourth-order valence-corrected chi connectivity index (χ4v) is 2.25. The summed E-state index contributed by atoms with van der Waals surface area (Å²) in [5, 5.41) is 4.35.